The van der Waals surface area contributed by atoms with Crippen LogP contribution in [0.1, 0.15) is 24.7 Å². The van der Waals surface area contributed by atoms with Crippen molar-refractivity contribution in [2.45, 2.75) is 26.8 Å². The predicted molar refractivity (Wildman–Crippen MR) is 90.2 cm³/mol. The molecule has 0 spiro atoms. The van der Waals surface area contributed by atoms with Crippen LogP contribution in [0.2, 0.25) is 0 Å². The van der Waals surface area contributed by atoms with E-state index < -0.39 is 0 Å². The van der Waals surface area contributed by atoms with Crippen molar-refractivity contribution in [1.82, 2.24) is 19.9 Å². The summed E-state index contributed by atoms with van der Waals surface area (Å²) in [6.45, 7) is 7.43. The van der Waals surface area contributed by atoms with Crippen LogP contribution in [0.25, 0.3) is 0 Å². The van der Waals surface area contributed by atoms with E-state index in [4.69, 9.17) is 5.73 Å². The van der Waals surface area contributed by atoms with E-state index in [1.807, 2.05) is 12.1 Å². The molecule has 6 nitrogen and oxygen atoms in total. The summed E-state index contributed by atoms with van der Waals surface area (Å²) in [6.07, 6.45) is 1.36. The van der Waals surface area contributed by atoms with Crippen molar-refractivity contribution >= 4 is 17.6 Å². The van der Waals surface area contributed by atoms with Crippen molar-refractivity contribution in [1.29, 1.82) is 0 Å². The highest BCUT2D eigenvalue weighted by Crippen LogP contribution is 2.57. The molecular formula is C17H22N6. The molecule has 0 radical (unpaired) electrons. The number of benzene rings is 1. The van der Waals surface area contributed by atoms with Gasteiger partial charge >= 0.3 is 0 Å². The fraction of sp³-hybridized carbons (Fsp3) is 0.471. The molecule has 1 saturated heterocycles. The number of rotatable bonds is 4. The number of piperidine rings is 1. The lowest BCUT2D eigenvalue weighted by Gasteiger charge is -2.18. The molecule has 2 unspecified atom stereocenters. The van der Waals surface area contributed by atoms with E-state index in [-0.39, 0.29) is 5.95 Å². The molecule has 2 aromatic rings. The lowest BCUT2D eigenvalue weighted by atomic mass is 10.1. The summed E-state index contributed by atoms with van der Waals surface area (Å²) in [4.78, 5) is 15.4. The Labute approximate surface area is 136 Å². The molecule has 2 aliphatic rings. The van der Waals surface area contributed by atoms with Gasteiger partial charge in [-0.25, -0.2) is 0 Å². The SMILES string of the molecule is Cc1cccc(Nc2nc(N)nc(CN3CC4CC4(C)C3)n2)c1. The molecule has 1 aromatic carbocycles. The zero-order valence-electron chi connectivity index (χ0n) is 13.6. The fourth-order valence-corrected chi connectivity index (χ4v) is 3.61. The van der Waals surface area contributed by atoms with Gasteiger partial charge in [-0.3, -0.25) is 4.90 Å². The molecule has 2 atom stereocenters. The molecule has 1 saturated carbocycles. The van der Waals surface area contributed by atoms with Crippen molar-refractivity contribution in [3.05, 3.63) is 35.7 Å². The second kappa shape index (κ2) is 5.16. The number of hydrogen-bond acceptors (Lipinski definition) is 6. The van der Waals surface area contributed by atoms with Gasteiger partial charge in [0.1, 0.15) is 5.82 Å². The van der Waals surface area contributed by atoms with E-state index in [1.165, 1.54) is 12.0 Å². The van der Waals surface area contributed by atoms with Gasteiger partial charge in [-0.05, 0) is 42.4 Å². The van der Waals surface area contributed by atoms with Crippen molar-refractivity contribution in [3.8, 4) is 0 Å². The van der Waals surface area contributed by atoms with E-state index in [1.54, 1.807) is 0 Å². The lowest BCUT2D eigenvalue weighted by Crippen LogP contribution is -2.25. The van der Waals surface area contributed by atoms with Gasteiger partial charge in [-0.2, -0.15) is 15.0 Å². The maximum Gasteiger partial charge on any atom is 0.232 e. The largest absolute Gasteiger partial charge is 0.368 e. The predicted octanol–water partition coefficient (Wildman–Crippen LogP) is 2.35. The topological polar surface area (TPSA) is 80.0 Å². The molecule has 1 aromatic heterocycles. The normalized spacial score (nSPS) is 26.1. The van der Waals surface area contributed by atoms with Gasteiger partial charge in [0.2, 0.25) is 11.9 Å². The third-order valence-corrected chi connectivity index (χ3v) is 4.94. The average Bonchev–Trinajstić information content (AvgIpc) is 2.96. The highest BCUT2D eigenvalue weighted by Gasteiger charge is 2.55. The number of nitrogens with two attached hydrogens (primary N) is 1. The highest BCUT2D eigenvalue weighted by molar-refractivity contribution is 5.54. The summed E-state index contributed by atoms with van der Waals surface area (Å²) in [6, 6.07) is 8.09. The first kappa shape index (κ1) is 14.4. The number of likely N-dealkylation sites (tertiary alicyclic amines) is 1. The quantitative estimate of drug-likeness (QED) is 0.902. The van der Waals surface area contributed by atoms with Crippen molar-refractivity contribution in [2.75, 3.05) is 24.1 Å². The minimum absolute atomic E-state index is 0.265. The third-order valence-electron chi connectivity index (χ3n) is 4.94. The number of nitrogens with one attached hydrogen (secondary N) is 1. The maximum absolute atomic E-state index is 5.86. The minimum Gasteiger partial charge on any atom is -0.368 e. The molecule has 120 valence electrons. The van der Waals surface area contributed by atoms with E-state index in [0.717, 1.165) is 37.1 Å². The van der Waals surface area contributed by atoms with E-state index in [2.05, 4.69) is 51.1 Å². The summed E-state index contributed by atoms with van der Waals surface area (Å²) in [7, 11) is 0. The number of nitrogen functional groups attached to an aromatic ring is 1. The summed E-state index contributed by atoms with van der Waals surface area (Å²) in [5.74, 6) is 2.36. The van der Waals surface area contributed by atoms with Crippen LogP contribution in [-0.4, -0.2) is 32.9 Å². The van der Waals surface area contributed by atoms with Crippen LogP contribution < -0.4 is 11.1 Å². The smallest absolute Gasteiger partial charge is 0.232 e. The number of fused-ring (bicyclic) bond motifs is 1. The van der Waals surface area contributed by atoms with E-state index in [9.17, 15) is 0 Å². The first-order valence-corrected chi connectivity index (χ1v) is 8.07. The van der Waals surface area contributed by atoms with E-state index in [0.29, 0.717) is 11.4 Å². The Hall–Kier alpha value is -2.21. The molecule has 23 heavy (non-hydrogen) atoms. The molecule has 0 bridgehead atoms. The Morgan fingerprint density at radius 2 is 2.22 bits per heavy atom. The van der Waals surface area contributed by atoms with Gasteiger partial charge < -0.3 is 11.1 Å². The van der Waals surface area contributed by atoms with Crippen LogP contribution in [0.3, 0.4) is 0 Å². The number of anilines is 3. The van der Waals surface area contributed by atoms with Crippen LogP contribution in [0.4, 0.5) is 17.6 Å². The minimum atomic E-state index is 0.265. The third kappa shape index (κ3) is 2.99. The first-order valence-electron chi connectivity index (χ1n) is 8.07. The van der Waals surface area contributed by atoms with Crippen molar-refractivity contribution in [2.24, 2.45) is 11.3 Å². The van der Waals surface area contributed by atoms with Crippen LogP contribution in [0.15, 0.2) is 24.3 Å². The Bertz CT molecular complexity index is 746. The molecule has 2 fully saturated rings. The van der Waals surface area contributed by atoms with Crippen molar-refractivity contribution in [3.63, 3.8) is 0 Å². The van der Waals surface area contributed by atoms with Crippen LogP contribution in [0, 0.1) is 18.3 Å². The monoisotopic (exact) mass is 310 g/mol. The molecule has 1 aliphatic heterocycles. The second-order valence-electron chi connectivity index (χ2n) is 7.15. The van der Waals surface area contributed by atoms with Gasteiger partial charge in [0, 0.05) is 18.8 Å². The van der Waals surface area contributed by atoms with Gasteiger partial charge in [0.25, 0.3) is 0 Å². The fourth-order valence-electron chi connectivity index (χ4n) is 3.61. The number of aromatic nitrogens is 3. The Morgan fingerprint density at radius 1 is 1.35 bits per heavy atom. The zero-order chi connectivity index (χ0) is 16.0. The van der Waals surface area contributed by atoms with Crippen molar-refractivity contribution < 1.29 is 0 Å². The summed E-state index contributed by atoms with van der Waals surface area (Å²) in [5.41, 5.74) is 8.52. The Balaban J connectivity index is 1.49. The molecular weight excluding hydrogens is 288 g/mol. The lowest BCUT2D eigenvalue weighted by molar-refractivity contribution is 0.272. The Kier molecular flexibility index (Phi) is 3.23. The van der Waals surface area contributed by atoms with Gasteiger partial charge in [-0.15, -0.1) is 0 Å². The standard InChI is InChI=1S/C17H22N6/c1-11-4-3-5-13(6-11)19-16-21-14(20-15(18)22-16)9-23-8-12-7-17(12,2)10-23/h3-6,12H,7-10H2,1-2H3,(H3,18,19,20,21,22). The number of nitrogens with zero attached hydrogens (tertiary/aromatic N) is 4. The average molecular weight is 310 g/mol. The van der Waals surface area contributed by atoms with Gasteiger partial charge in [0.05, 0.1) is 6.54 Å². The summed E-state index contributed by atoms with van der Waals surface area (Å²) >= 11 is 0. The van der Waals surface area contributed by atoms with Crippen LogP contribution >= 0.6 is 0 Å². The maximum atomic E-state index is 5.86. The Morgan fingerprint density at radius 3 is 2.96 bits per heavy atom. The molecule has 6 heteroatoms. The molecule has 2 heterocycles. The second-order valence-corrected chi connectivity index (χ2v) is 7.15. The molecule has 1 aliphatic carbocycles. The zero-order valence-corrected chi connectivity index (χ0v) is 13.6. The van der Waals surface area contributed by atoms with Gasteiger partial charge in [0.15, 0.2) is 0 Å². The summed E-state index contributed by atoms with van der Waals surface area (Å²) < 4.78 is 0. The summed E-state index contributed by atoms with van der Waals surface area (Å²) in [5, 5.41) is 3.22. The van der Waals surface area contributed by atoms with Crippen LogP contribution in [0.5, 0.6) is 0 Å². The highest BCUT2D eigenvalue weighted by atomic mass is 15.2. The number of aryl methyl sites for hydroxylation is 1. The molecule has 4 rings (SSSR count). The molecule has 3 N–H and O–H groups in total. The molecule has 0 amide bonds. The van der Waals surface area contributed by atoms with E-state index >= 15 is 0 Å². The number of hydrogen-bond donors (Lipinski definition) is 2. The van der Waals surface area contributed by atoms with Gasteiger partial charge in [-0.1, -0.05) is 19.1 Å². The van der Waals surface area contributed by atoms with Crippen LogP contribution in [-0.2, 0) is 6.54 Å². The first-order chi connectivity index (χ1) is 11.0.